The topological polar surface area (TPSA) is 60.3 Å². The molecule has 1 aromatic carbocycles. The van der Waals surface area contributed by atoms with E-state index in [0.29, 0.717) is 23.7 Å². The van der Waals surface area contributed by atoms with E-state index in [4.69, 9.17) is 27.4 Å². The maximum Gasteiger partial charge on any atom is 0.119 e. The van der Waals surface area contributed by atoms with Gasteiger partial charge < -0.3 is 20.2 Å². The summed E-state index contributed by atoms with van der Waals surface area (Å²) in [5.74, 6) is 1.37. The third kappa shape index (κ3) is 3.81. The summed E-state index contributed by atoms with van der Waals surface area (Å²) in [6.07, 6.45) is 0. The van der Waals surface area contributed by atoms with E-state index in [1.54, 1.807) is 7.11 Å². The Balaban J connectivity index is 2.15. The molecule has 0 spiro atoms. The van der Waals surface area contributed by atoms with Crippen LogP contribution in [-0.4, -0.2) is 25.3 Å². The van der Waals surface area contributed by atoms with Gasteiger partial charge in [-0.25, -0.2) is 0 Å². The minimum Gasteiger partial charge on any atom is -0.491 e. The number of anilines is 1. The van der Waals surface area contributed by atoms with Crippen LogP contribution >= 0.6 is 12.2 Å². The molecule has 4 nitrogen and oxygen atoms in total. The van der Waals surface area contributed by atoms with Gasteiger partial charge in [0.25, 0.3) is 0 Å². The molecule has 1 heterocycles. The molecule has 2 aromatic rings. The van der Waals surface area contributed by atoms with Crippen LogP contribution in [0.5, 0.6) is 5.75 Å². The van der Waals surface area contributed by atoms with Crippen molar-refractivity contribution in [3.63, 3.8) is 0 Å². The van der Waals surface area contributed by atoms with Crippen LogP contribution < -0.4 is 10.5 Å². The Labute approximate surface area is 117 Å². The highest BCUT2D eigenvalue weighted by Crippen LogP contribution is 2.23. The van der Waals surface area contributed by atoms with Gasteiger partial charge in [-0.3, -0.25) is 0 Å². The van der Waals surface area contributed by atoms with E-state index in [9.17, 15) is 0 Å². The van der Waals surface area contributed by atoms with Crippen LogP contribution in [0, 0.1) is 4.64 Å². The van der Waals surface area contributed by atoms with E-state index < -0.39 is 0 Å². The Bertz CT molecular complexity index is 593. The average Bonchev–Trinajstić information content (AvgIpc) is 2.39. The molecule has 0 amide bonds. The summed E-state index contributed by atoms with van der Waals surface area (Å²) in [6, 6.07) is 11.5. The quantitative estimate of drug-likeness (QED) is 0.651. The Kier molecular flexibility index (Phi) is 4.54. The van der Waals surface area contributed by atoms with E-state index in [0.717, 1.165) is 16.9 Å². The van der Waals surface area contributed by atoms with Gasteiger partial charge in [0.2, 0.25) is 0 Å². The van der Waals surface area contributed by atoms with Crippen molar-refractivity contribution in [3.05, 3.63) is 41.0 Å². The van der Waals surface area contributed by atoms with Crippen molar-refractivity contribution < 1.29 is 9.47 Å². The lowest BCUT2D eigenvalue weighted by atomic mass is 10.1. The molecule has 0 atom stereocenters. The van der Waals surface area contributed by atoms with Crippen molar-refractivity contribution >= 4 is 18.0 Å². The van der Waals surface area contributed by atoms with E-state index >= 15 is 0 Å². The lowest BCUT2D eigenvalue weighted by molar-refractivity contribution is 0.146. The van der Waals surface area contributed by atoms with Gasteiger partial charge in [-0.2, -0.15) is 0 Å². The lowest BCUT2D eigenvalue weighted by Crippen LogP contribution is -2.03. The van der Waals surface area contributed by atoms with Crippen LogP contribution in [0.2, 0.25) is 0 Å². The summed E-state index contributed by atoms with van der Waals surface area (Å²) in [4.78, 5) is 2.88. The first-order chi connectivity index (χ1) is 9.19. The molecule has 0 aliphatic carbocycles. The number of rotatable bonds is 5. The van der Waals surface area contributed by atoms with Crippen LogP contribution in [0.4, 0.5) is 5.82 Å². The second kappa shape index (κ2) is 6.36. The minimum absolute atomic E-state index is 0.541. The molecule has 0 saturated carbocycles. The van der Waals surface area contributed by atoms with E-state index in [-0.39, 0.29) is 0 Å². The SMILES string of the molecule is COCCOc1ccc(-c2cc(N)[nH]c(=S)c2)cc1. The predicted molar refractivity (Wildman–Crippen MR) is 78.8 cm³/mol. The van der Waals surface area contributed by atoms with Gasteiger partial charge in [0.05, 0.1) is 6.61 Å². The third-order valence-corrected chi connectivity index (χ3v) is 2.83. The molecule has 0 saturated heterocycles. The first-order valence-corrected chi connectivity index (χ1v) is 6.32. The number of ether oxygens (including phenoxy) is 2. The van der Waals surface area contributed by atoms with Crippen LogP contribution in [0.15, 0.2) is 36.4 Å². The summed E-state index contributed by atoms with van der Waals surface area (Å²) in [5.41, 5.74) is 7.78. The minimum atomic E-state index is 0.541. The number of aromatic amines is 1. The largest absolute Gasteiger partial charge is 0.491 e. The number of nitrogens with two attached hydrogens (primary N) is 1. The molecule has 0 bridgehead atoms. The standard InChI is InChI=1S/C14H16N2O2S/c1-17-6-7-18-12-4-2-10(3-5-12)11-8-13(15)16-14(19)9-11/h2-5,8-9H,6-7H2,1H3,(H3,15,16,19). The highest BCUT2D eigenvalue weighted by molar-refractivity contribution is 7.71. The normalized spacial score (nSPS) is 10.4. The summed E-state index contributed by atoms with van der Waals surface area (Å²) >= 11 is 5.11. The molecule has 100 valence electrons. The molecule has 3 N–H and O–H groups in total. The molecule has 1 aromatic heterocycles. The van der Waals surface area contributed by atoms with Crippen LogP contribution in [0.1, 0.15) is 0 Å². The number of benzene rings is 1. The maximum absolute atomic E-state index is 5.75. The van der Waals surface area contributed by atoms with Gasteiger partial charge in [0.15, 0.2) is 0 Å². The number of methoxy groups -OCH3 is 1. The van der Waals surface area contributed by atoms with Gasteiger partial charge in [0, 0.05) is 7.11 Å². The average molecular weight is 276 g/mol. The number of aromatic nitrogens is 1. The number of hydrogen-bond donors (Lipinski definition) is 2. The number of hydrogen-bond acceptors (Lipinski definition) is 4. The Morgan fingerprint density at radius 3 is 2.47 bits per heavy atom. The molecule has 0 unspecified atom stereocenters. The monoisotopic (exact) mass is 276 g/mol. The van der Waals surface area contributed by atoms with Crippen molar-refractivity contribution in [2.75, 3.05) is 26.1 Å². The molecule has 0 aliphatic heterocycles. The molecule has 2 rings (SSSR count). The summed E-state index contributed by atoms with van der Waals surface area (Å²) < 4.78 is 11.1. The zero-order chi connectivity index (χ0) is 13.7. The second-order valence-electron chi connectivity index (χ2n) is 4.05. The maximum atomic E-state index is 5.75. The smallest absolute Gasteiger partial charge is 0.119 e. The highest BCUT2D eigenvalue weighted by Gasteiger charge is 2.00. The summed E-state index contributed by atoms with van der Waals surface area (Å²) in [6.45, 7) is 1.12. The van der Waals surface area contributed by atoms with Crippen LogP contribution in [0.3, 0.4) is 0 Å². The van der Waals surface area contributed by atoms with E-state index in [1.807, 2.05) is 36.4 Å². The summed E-state index contributed by atoms with van der Waals surface area (Å²) in [7, 11) is 1.65. The molecular formula is C14H16N2O2S. The fraction of sp³-hybridized carbons (Fsp3) is 0.214. The van der Waals surface area contributed by atoms with Gasteiger partial charge in [-0.05, 0) is 35.4 Å². The number of H-pyrrole nitrogens is 1. The Morgan fingerprint density at radius 1 is 1.11 bits per heavy atom. The van der Waals surface area contributed by atoms with Crippen molar-refractivity contribution in [1.29, 1.82) is 0 Å². The second-order valence-corrected chi connectivity index (χ2v) is 4.49. The highest BCUT2D eigenvalue weighted by atomic mass is 32.1. The Hall–Kier alpha value is -1.85. The molecule has 0 aliphatic rings. The van der Waals surface area contributed by atoms with Gasteiger partial charge in [-0.1, -0.05) is 24.4 Å². The van der Waals surface area contributed by atoms with E-state index in [2.05, 4.69) is 4.98 Å². The molecule has 0 fully saturated rings. The third-order valence-electron chi connectivity index (χ3n) is 2.61. The molecule has 19 heavy (non-hydrogen) atoms. The Morgan fingerprint density at radius 2 is 1.84 bits per heavy atom. The molecule has 0 radical (unpaired) electrons. The van der Waals surface area contributed by atoms with Crippen molar-refractivity contribution in [1.82, 2.24) is 4.98 Å². The zero-order valence-electron chi connectivity index (χ0n) is 10.7. The summed E-state index contributed by atoms with van der Waals surface area (Å²) in [5, 5.41) is 0. The first-order valence-electron chi connectivity index (χ1n) is 5.91. The first kappa shape index (κ1) is 13.6. The van der Waals surface area contributed by atoms with Crippen LogP contribution in [0.25, 0.3) is 11.1 Å². The van der Waals surface area contributed by atoms with Crippen molar-refractivity contribution in [3.8, 4) is 16.9 Å². The van der Waals surface area contributed by atoms with Crippen LogP contribution in [-0.2, 0) is 4.74 Å². The number of nitrogens with one attached hydrogen (secondary N) is 1. The number of nitrogen functional groups attached to an aromatic ring is 1. The molecule has 5 heteroatoms. The fourth-order valence-corrected chi connectivity index (χ4v) is 1.96. The van der Waals surface area contributed by atoms with Crippen molar-refractivity contribution in [2.45, 2.75) is 0 Å². The van der Waals surface area contributed by atoms with E-state index in [1.165, 1.54) is 0 Å². The predicted octanol–water partition coefficient (Wildman–Crippen LogP) is 3.02. The zero-order valence-corrected chi connectivity index (χ0v) is 11.5. The lowest BCUT2D eigenvalue weighted by Gasteiger charge is -2.07. The van der Waals surface area contributed by atoms with Gasteiger partial charge in [0.1, 0.15) is 22.8 Å². The van der Waals surface area contributed by atoms with Gasteiger partial charge in [-0.15, -0.1) is 0 Å². The van der Waals surface area contributed by atoms with Gasteiger partial charge >= 0.3 is 0 Å². The number of pyridine rings is 1. The molecular weight excluding hydrogens is 260 g/mol. The fourth-order valence-electron chi connectivity index (χ4n) is 1.72. The van der Waals surface area contributed by atoms with Crippen molar-refractivity contribution in [2.24, 2.45) is 0 Å².